The third kappa shape index (κ3) is 6.23. The van der Waals surface area contributed by atoms with Crippen LogP contribution in [-0.4, -0.2) is 26.5 Å². The van der Waals surface area contributed by atoms with Crippen molar-refractivity contribution in [1.82, 2.24) is 0 Å². The van der Waals surface area contributed by atoms with Crippen LogP contribution in [0, 0.1) is 0 Å². The van der Waals surface area contributed by atoms with Gasteiger partial charge in [-0.05, 0) is 0 Å². The molecule has 0 unspecified atom stereocenters. The molecule has 0 radical (unpaired) electrons. The molecule has 0 aromatic heterocycles. The molecule has 0 heterocycles. The van der Waals surface area contributed by atoms with Gasteiger partial charge in [-0.25, -0.2) is 0 Å². The summed E-state index contributed by atoms with van der Waals surface area (Å²) in [5, 5.41) is 1.80. The minimum atomic E-state index is -2.27. The van der Waals surface area contributed by atoms with Crippen LogP contribution in [0.3, 0.4) is 0 Å². The molecular weight excluding hydrogens is 399 g/mol. The fourth-order valence-electron chi connectivity index (χ4n) is 3.92. The van der Waals surface area contributed by atoms with Crippen LogP contribution in [0.25, 0.3) is 0 Å². The van der Waals surface area contributed by atoms with Gasteiger partial charge < -0.3 is 0 Å². The van der Waals surface area contributed by atoms with Gasteiger partial charge in [0.1, 0.15) is 0 Å². The van der Waals surface area contributed by atoms with Crippen LogP contribution in [0.2, 0.25) is 33.0 Å². The molecule has 0 nitrogen and oxygen atoms in total. The van der Waals surface area contributed by atoms with E-state index in [0.29, 0.717) is 0 Å². The molecule has 0 N–H and O–H groups in total. The van der Waals surface area contributed by atoms with Crippen molar-refractivity contribution < 1.29 is 0 Å². The van der Waals surface area contributed by atoms with Crippen LogP contribution < -0.4 is 8.77 Å². The Balaban J connectivity index is 3.35. The number of benzene rings is 1. The van der Waals surface area contributed by atoms with E-state index in [1.54, 1.807) is 18.5 Å². The number of unbranched alkanes of at least 4 members (excludes halogenated alkanes) is 3. The molecule has 1 rings (SSSR count). The Bertz CT molecular complexity index is 426. The van der Waals surface area contributed by atoms with Gasteiger partial charge in [-0.3, -0.25) is 0 Å². The summed E-state index contributed by atoms with van der Waals surface area (Å²) in [5.41, 5.74) is 0. The van der Waals surface area contributed by atoms with Gasteiger partial charge in [0.05, 0.1) is 0 Å². The van der Waals surface area contributed by atoms with E-state index in [4.69, 9.17) is 0 Å². The van der Waals surface area contributed by atoms with Gasteiger partial charge in [-0.2, -0.15) is 0 Å². The fraction of sp³-hybridized carbons (Fsp3) is 0.714. The van der Waals surface area contributed by atoms with Crippen LogP contribution >= 0.6 is 0 Å². The van der Waals surface area contributed by atoms with Crippen molar-refractivity contribution in [3.8, 4) is 0 Å². The first kappa shape index (κ1) is 21.3. The Morgan fingerprint density at radius 2 is 1.17 bits per heavy atom. The molecule has 0 aliphatic rings. The zero-order chi connectivity index (χ0) is 17.3. The Morgan fingerprint density at radius 3 is 1.57 bits per heavy atom. The molecule has 2 heteroatoms. The monoisotopic (exact) mass is 440 g/mol. The average molecular weight is 439 g/mol. The third-order valence-corrected chi connectivity index (χ3v) is 23.8. The normalized spacial score (nSPS) is 12.6. The van der Waals surface area contributed by atoms with Crippen LogP contribution in [0.1, 0.15) is 59.3 Å². The van der Waals surface area contributed by atoms with Gasteiger partial charge in [0, 0.05) is 0 Å². The molecule has 1 aromatic rings. The molecule has 0 bridgehead atoms. The number of hydrogen-bond donors (Lipinski definition) is 0. The first-order valence-electron chi connectivity index (χ1n) is 10.0. The molecule has 0 saturated heterocycles. The van der Waals surface area contributed by atoms with Gasteiger partial charge in [0.2, 0.25) is 0 Å². The fourth-order valence-corrected chi connectivity index (χ4v) is 26.8. The standard InChI is InChI=1S/C9H13Si.3C4H9.Sn/c1-10(2,3)9-7-5-4-6-8-9;3*1-3-4-2;/h4-7H,1-3H3;3*1,3-4H2,2H3;. The van der Waals surface area contributed by atoms with Crippen molar-refractivity contribution in [3.05, 3.63) is 24.3 Å². The van der Waals surface area contributed by atoms with Crippen molar-refractivity contribution in [1.29, 1.82) is 0 Å². The number of hydrogen-bond acceptors (Lipinski definition) is 0. The summed E-state index contributed by atoms with van der Waals surface area (Å²) in [6.45, 7) is 14.8. The summed E-state index contributed by atoms with van der Waals surface area (Å²) in [6.07, 6.45) is 8.49. The maximum absolute atomic E-state index is 2.57. The summed E-state index contributed by atoms with van der Waals surface area (Å²) >= 11 is -2.27. The van der Waals surface area contributed by atoms with Gasteiger partial charge in [0.15, 0.2) is 0 Å². The molecule has 0 fully saturated rings. The Hall–Kier alpha value is 0.236. The summed E-state index contributed by atoms with van der Waals surface area (Å²) in [6, 6.07) is 9.71. The van der Waals surface area contributed by atoms with E-state index in [-0.39, 0.29) is 0 Å². The van der Waals surface area contributed by atoms with Crippen LogP contribution in [0.4, 0.5) is 0 Å². The topological polar surface area (TPSA) is 0 Å². The quantitative estimate of drug-likeness (QED) is 0.356. The summed E-state index contributed by atoms with van der Waals surface area (Å²) in [7, 11) is -1.25. The van der Waals surface area contributed by atoms with Gasteiger partial charge in [-0.15, -0.1) is 0 Å². The molecule has 0 atom stereocenters. The van der Waals surface area contributed by atoms with E-state index in [1.165, 1.54) is 38.5 Å². The van der Waals surface area contributed by atoms with Crippen molar-refractivity contribution in [2.24, 2.45) is 0 Å². The molecule has 0 spiro atoms. The molecule has 0 amide bonds. The first-order valence-corrected chi connectivity index (χ1v) is 21.0. The van der Waals surface area contributed by atoms with Gasteiger partial charge in [-0.1, -0.05) is 0 Å². The SMILES string of the molecule is CCC[CH2][Sn]([CH2]CCC)([CH2]CCC)[c]1ccccc1[Si](C)(C)C. The average Bonchev–Trinajstić information content (AvgIpc) is 2.54. The molecule has 23 heavy (non-hydrogen) atoms. The first-order chi connectivity index (χ1) is 10.9. The third-order valence-electron chi connectivity index (χ3n) is 5.33. The Kier molecular flexibility index (Phi) is 9.51. The molecule has 0 saturated carbocycles. The summed E-state index contributed by atoms with van der Waals surface area (Å²) < 4.78 is 6.70. The second kappa shape index (κ2) is 10.3. The van der Waals surface area contributed by atoms with E-state index < -0.39 is 26.5 Å². The number of rotatable bonds is 11. The maximum atomic E-state index is 2.57. The van der Waals surface area contributed by atoms with Crippen molar-refractivity contribution in [3.63, 3.8) is 0 Å². The van der Waals surface area contributed by atoms with Gasteiger partial charge in [0.25, 0.3) is 0 Å². The van der Waals surface area contributed by atoms with Gasteiger partial charge >= 0.3 is 152 Å². The molecule has 0 aliphatic carbocycles. The molecule has 0 aliphatic heterocycles. The van der Waals surface area contributed by atoms with E-state index in [2.05, 4.69) is 64.7 Å². The van der Waals surface area contributed by atoms with E-state index in [9.17, 15) is 0 Å². The van der Waals surface area contributed by atoms with Crippen molar-refractivity contribution >= 4 is 35.2 Å². The summed E-state index contributed by atoms with van der Waals surface area (Å²) in [4.78, 5) is 0. The van der Waals surface area contributed by atoms with Crippen molar-refractivity contribution in [2.45, 2.75) is 92.2 Å². The van der Waals surface area contributed by atoms with Crippen LogP contribution in [0.15, 0.2) is 24.3 Å². The Labute approximate surface area is 151 Å². The predicted octanol–water partition coefficient (Wildman–Crippen LogP) is 6.29. The summed E-state index contributed by atoms with van der Waals surface area (Å²) in [5.74, 6) is 0. The second-order valence-corrected chi connectivity index (χ2v) is 26.6. The second-order valence-electron chi connectivity index (χ2n) is 8.39. The molecule has 1 aromatic carbocycles. The Morgan fingerprint density at radius 1 is 0.739 bits per heavy atom. The minimum absolute atomic E-state index is 1.25. The molecular formula is C21H40SiSn. The van der Waals surface area contributed by atoms with E-state index >= 15 is 0 Å². The molecule has 132 valence electrons. The zero-order valence-corrected chi connectivity index (χ0v) is 20.5. The zero-order valence-electron chi connectivity index (χ0n) is 16.7. The predicted molar refractivity (Wildman–Crippen MR) is 114 cm³/mol. The van der Waals surface area contributed by atoms with Crippen molar-refractivity contribution in [2.75, 3.05) is 0 Å². The van der Waals surface area contributed by atoms with E-state index in [1.807, 2.05) is 3.58 Å². The van der Waals surface area contributed by atoms with Crippen LogP contribution in [0.5, 0.6) is 0 Å². The van der Waals surface area contributed by atoms with Crippen LogP contribution in [-0.2, 0) is 0 Å². The van der Waals surface area contributed by atoms with E-state index in [0.717, 1.165) is 0 Å².